The van der Waals surface area contributed by atoms with Crippen molar-refractivity contribution in [2.75, 3.05) is 0 Å². The average Bonchev–Trinajstić information content (AvgIpc) is 2.05. The van der Waals surface area contributed by atoms with Crippen molar-refractivity contribution in [3.05, 3.63) is 0 Å². The van der Waals surface area contributed by atoms with Crippen LogP contribution in [-0.2, 0) is 30.1 Å². The number of hydrogen-bond acceptors (Lipinski definition) is 0. The van der Waals surface area contributed by atoms with Gasteiger partial charge in [0.25, 0.3) is 0 Å². The minimum Gasteiger partial charge on any atom is -2.00 e. The van der Waals surface area contributed by atoms with Crippen LogP contribution in [0.4, 0.5) is 26.3 Å². The molecule has 12 heavy (non-hydrogen) atoms. The van der Waals surface area contributed by atoms with Crippen molar-refractivity contribution in [2.45, 2.75) is 14.4 Å². The summed E-state index contributed by atoms with van der Waals surface area (Å²) in [6, 6.07) is 0. The predicted molar refractivity (Wildman–Crippen MR) is 16.2 cm³/mol. The maximum absolute atomic E-state index is 12.0. The molecule has 1 unspecified atom stereocenters. The zero-order valence-electron chi connectivity index (χ0n) is 5.08. The Hall–Kier alpha value is 0.214. The van der Waals surface area contributed by atoms with Crippen molar-refractivity contribution >= 4 is 0 Å². The van der Waals surface area contributed by atoms with E-state index < -0.39 is 33.5 Å². The summed E-state index contributed by atoms with van der Waals surface area (Å²) in [7, 11) is 0. The fourth-order valence-corrected chi connectivity index (χ4v) is 1.45. The van der Waals surface area contributed by atoms with Crippen LogP contribution in [0.15, 0.2) is 0 Å². The van der Waals surface area contributed by atoms with E-state index in [0.717, 1.165) is 0 Å². The van der Waals surface area contributed by atoms with Gasteiger partial charge < -0.3 is 11.0 Å². The zero-order chi connectivity index (χ0) is 8.21. The van der Waals surface area contributed by atoms with E-state index >= 15 is 0 Å². The van der Waals surface area contributed by atoms with Gasteiger partial charge in [-0.15, -0.1) is 0 Å². The largest absolute Gasteiger partial charge is 2.00 e. The molecule has 0 amide bonds. The van der Waals surface area contributed by atoms with E-state index in [1.807, 2.05) is 0 Å². The van der Waals surface area contributed by atoms with Crippen molar-refractivity contribution in [3.8, 4) is 0 Å². The third-order valence-electron chi connectivity index (χ3n) is 1.09. The number of alkyl halides is 6. The van der Waals surface area contributed by atoms with Crippen LogP contribution in [0.2, 0.25) is 0 Å². The molecule has 1 saturated heterocycles. The van der Waals surface area contributed by atoms with E-state index in [2.05, 4.69) is 0 Å². The summed E-state index contributed by atoms with van der Waals surface area (Å²) in [6.45, 7) is 0. The molecule has 1 atom stereocenters. The number of rotatable bonds is 0. The molecule has 0 N–H and O–H groups in total. The first kappa shape index (κ1) is 14.7. The second-order valence-electron chi connectivity index (χ2n) is 1.86. The number of halogens is 6. The van der Waals surface area contributed by atoms with Gasteiger partial charge in [0, 0.05) is 0 Å². The smallest absolute Gasteiger partial charge is 2.00 e. The van der Waals surface area contributed by atoms with E-state index in [9.17, 15) is 26.3 Å². The van der Waals surface area contributed by atoms with E-state index in [0.29, 0.717) is 0 Å². The minimum absolute atomic E-state index is 0. The van der Waals surface area contributed by atoms with Crippen LogP contribution in [0.5, 0.6) is 0 Å². The molecule has 0 aromatic heterocycles. The molecule has 0 aliphatic carbocycles. The number of hydrogen-bond donors (Lipinski definition) is 0. The fourth-order valence-electron chi connectivity index (χ4n) is 0.434. The molecule has 1 heterocycles. The van der Waals surface area contributed by atoms with Gasteiger partial charge in [0.1, 0.15) is 0 Å². The first-order chi connectivity index (χ1) is 4.21. The normalized spacial score (nSPS) is 32.2. The molecule has 0 saturated carbocycles. The van der Waals surface area contributed by atoms with Crippen LogP contribution in [0.1, 0.15) is 0 Å². The molecule has 0 aromatic rings. The second-order valence-corrected chi connectivity index (χ2v) is 4.30. The standard InChI is InChI=1S/C3F6.2O.Ti/c4-1(2(5)6)3(7,8)9;;;/q;2*-2;+4. The van der Waals surface area contributed by atoms with Crippen LogP contribution in [-0.4, -0.2) is 14.4 Å². The Morgan fingerprint density at radius 1 is 0.917 bits per heavy atom. The van der Waals surface area contributed by atoms with Gasteiger partial charge in [0.05, 0.1) is 0 Å². The Labute approximate surface area is 71.5 Å². The van der Waals surface area contributed by atoms with Crippen molar-refractivity contribution < 1.29 is 56.4 Å². The van der Waals surface area contributed by atoms with Gasteiger partial charge in [-0.2, -0.15) is 0 Å². The Morgan fingerprint density at radius 2 is 1.17 bits per heavy atom. The summed E-state index contributed by atoms with van der Waals surface area (Å²) in [5.41, 5.74) is 0. The van der Waals surface area contributed by atoms with Gasteiger partial charge in [0.15, 0.2) is 0 Å². The fraction of sp³-hybridized carbons (Fsp3) is 1.00. The van der Waals surface area contributed by atoms with E-state index in [-0.39, 0.29) is 11.0 Å². The monoisotopic (exact) mass is 230 g/mol. The Balaban J connectivity index is 0. The Bertz CT molecular complexity index is 169. The van der Waals surface area contributed by atoms with Gasteiger partial charge in [-0.3, -0.25) is 0 Å². The maximum atomic E-state index is 12.0. The quantitative estimate of drug-likeness (QED) is 0.448. The molecule has 0 bridgehead atoms. The van der Waals surface area contributed by atoms with Crippen molar-refractivity contribution in [2.24, 2.45) is 0 Å². The summed E-state index contributed by atoms with van der Waals surface area (Å²) < 4.78 is 60.9. The summed E-state index contributed by atoms with van der Waals surface area (Å²) >= 11 is -2.80. The van der Waals surface area contributed by atoms with Crippen LogP contribution in [0.3, 0.4) is 0 Å². The van der Waals surface area contributed by atoms with E-state index in [1.54, 1.807) is 0 Å². The molecular weight excluding hydrogens is 230 g/mol. The average molecular weight is 230 g/mol. The van der Waals surface area contributed by atoms with Gasteiger partial charge >= 0.3 is 59.9 Å². The molecule has 0 radical (unpaired) electrons. The van der Waals surface area contributed by atoms with Crippen molar-refractivity contribution in [1.82, 2.24) is 0 Å². The topological polar surface area (TPSA) is 57.0 Å². The van der Waals surface area contributed by atoms with Gasteiger partial charge in [-0.25, -0.2) is 0 Å². The Morgan fingerprint density at radius 3 is 1.17 bits per heavy atom. The molecule has 2 nitrogen and oxygen atoms in total. The summed E-state index contributed by atoms with van der Waals surface area (Å²) in [6.07, 6.45) is -5.38. The van der Waals surface area contributed by atoms with Crippen LogP contribution in [0.25, 0.3) is 0 Å². The van der Waals surface area contributed by atoms with E-state index in [4.69, 9.17) is 0 Å². The zero-order valence-corrected chi connectivity index (χ0v) is 6.65. The third-order valence-corrected chi connectivity index (χ3v) is 3.20. The first-order valence-corrected chi connectivity index (χ1v) is 3.70. The second kappa shape index (κ2) is 3.17. The van der Waals surface area contributed by atoms with Crippen LogP contribution < -0.4 is 0 Å². The molecule has 0 aromatic carbocycles. The maximum Gasteiger partial charge on any atom is -2.00 e. The van der Waals surface area contributed by atoms with E-state index in [1.165, 1.54) is 0 Å². The molecule has 1 rings (SSSR count). The van der Waals surface area contributed by atoms with Gasteiger partial charge in [0.2, 0.25) is 0 Å². The molecule has 1 aliphatic heterocycles. The van der Waals surface area contributed by atoms with Gasteiger partial charge in [-0.1, -0.05) is 0 Å². The minimum atomic E-state index is -5.38. The van der Waals surface area contributed by atoms with Crippen LogP contribution >= 0.6 is 0 Å². The summed E-state index contributed by atoms with van der Waals surface area (Å²) in [5.74, 6) is 0. The SMILES string of the molecule is FC(F)(F)[C]1(F)[Ti+4][C]1(F)F.[O-2].[O-2]. The van der Waals surface area contributed by atoms with Crippen molar-refractivity contribution in [1.29, 1.82) is 0 Å². The van der Waals surface area contributed by atoms with Crippen LogP contribution in [0, 0.1) is 0 Å². The predicted octanol–water partition coefficient (Wildman–Crippen LogP) is 1.67. The molecule has 70 valence electrons. The third kappa shape index (κ3) is 1.76. The first-order valence-electron chi connectivity index (χ1n) is 2.13. The summed E-state index contributed by atoms with van der Waals surface area (Å²) in [4.78, 5) is 0. The Kier molecular flexibility index (Phi) is 3.89. The molecule has 0 spiro atoms. The van der Waals surface area contributed by atoms with Crippen molar-refractivity contribution in [3.63, 3.8) is 0 Å². The molecule has 9 heteroatoms. The van der Waals surface area contributed by atoms with Gasteiger partial charge in [-0.05, 0) is 0 Å². The molecule has 1 aliphatic rings. The summed E-state index contributed by atoms with van der Waals surface area (Å²) in [5, 5.41) is 0. The molecule has 1 fully saturated rings. The molecular formula is C3F6O2Ti.